The summed E-state index contributed by atoms with van der Waals surface area (Å²) in [6.07, 6.45) is 7.30. The third kappa shape index (κ3) is 2.18. The van der Waals surface area contributed by atoms with Crippen LogP contribution in [0.25, 0.3) is 0 Å². The van der Waals surface area contributed by atoms with Crippen molar-refractivity contribution in [3.8, 4) is 0 Å². The first-order valence-corrected chi connectivity index (χ1v) is 8.06. The Hall–Kier alpha value is -0.157. The molecular formula is C14H18Zr. The Kier molecular flexibility index (Phi) is 3.31. The van der Waals surface area contributed by atoms with Gasteiger partial charge in [-0.1, -0.05) is 0 Å². The normalized spacial score (nSPS) is 21.1. The topological polar surface area (TPSA) is 0 Å². The van der Waals surface area contributed by atoms with Crippen molar-refractivity contribution in [3.63, 3.8) is 0 Å². The molecule has 1 heteroatoms. The van der Waals surface area contributed by atoms with Crippen molar-refractivity contribution in [2.75, 3.05) is 0 Å². The van der Waals surface area contributed by atoms with Crippen molar-refractivity contribution in [1.29, 1.82) is 0 Å². The predicted molar refractivity (Wildman–Crippen MR) is 62.1 cm³/mol. The maximum absolute atomic E-state index is 2.40. The summed E-state index contributed by atoms with van der Waals surface area (Å²) in [6.45, 7) is 9.11. The van der Waals surface area contributed by atoms with Crippen LogP contribution in [-0.2, 0) is 23.2 Å². The van der Waals surface area contributed by atoms with E-state index in [1.807, 2.05) is 0 Å². The fourth-order valence-electron chi connectivity index (χ4n) is 2.07. The van der Waals surface area contributed by atoms with Crippen molar-refractivity contribution in [2.24, 2.45) is 0 Å². The molecule has 2 rings (SSSR count). The molecule has 0 N–H and O–H groups in total. The Balaban J connectivity index is 2.14. The van der Waals surface area contributed by atoms with Crippen LogP contribution in [0.15, 0.2) is 41.0 Å². The number of hydrogen-bond donors (Lipinski definition) is 0. The zero-order valence-corrected chi connectivity index (χ0v) is 12.5. The quantitative estimate of drug-likeness (QED) is 0.705. The molecule has 0 aromatic heterocycles. The molecule has 0 amide bonds. The van der Waals surface area contributed by atoms with E-state index in [1.54, 1.807) is 17.7 Å². The van der Waals surface area contributed by atoms with Crippen molar-refractivity contribution in [2.45, 2.75) is 40.5 Å². The van der Waals surface area contributed by atoms with E-state index in [0.717, 1.165) is 0 Å². The molecule has 2 aliphatic carbocycles. The summed E-state index contributed by atoms with van der Waals surface area (Å²) in [4.78, 5) is 0. The summed E-state index contributed by atoms with van der Waals surface area (Å²) in [6, 6.07) is 0. The summed E-state index contributed by atoms with van der Waals surface area (Å²) in [5.41, 5.74) is 6.25. The first-order valence-electron chi connectivity index (χ1n) is 5.60. The van der Waals surface area contributed by atoms with E-state index in [4.69, 9.17) is 0 Å². The summed E-state index contributed by atoms with van der Waals surface area (Å²) < 4.78 is 3.60. The van der Waals surface area contributed by atoms with Gasteiger partial charge < -0.3 is 0 Å². The molecular weight excluding hydrogens is 259 g/mol. The molecule has 15 heavy (non-hydrogen) atoms. The molecule has 0 saturated carbocycles. The van der Waals surface area contributed by atoms with Crippen LogP contribution in [0.2, 0.25) is 0 Å². The molecule has 0 fully saturated rings. The molecule has 0 radical (unpaired) electrons. The van der Waals surface area contributed by atoms with Crippen molar-refractivity contribution < 1.29 is 23.2 Å². The molecule has 2 aliphatic rings. The van der Waals surface area contributed by atoms with Crippen LogP contribution >= 0.6 is 0 Å². The van der Waals surface area contributed by atoms with Crippen LogP contribution in [0, 0.1) is 0 Å². The summed E-state index contributed by atoms with van der Waals surface area (Å²) in [5, 5.41) is 0. The van der Waals surface area contributed by atoms with Crippen molar-refractivity contribution in [1.82, 2.24) is 0 Å². The van der Waals surface area contributed by atoms with Gasteiger partial charge in [-0.05, 0) is 0 Å². The van der Waals surface area contributed by atoms with Gasteiger partial charge in [0.2, 0.25) is 0 Å². The zero-order valence-electron chi connectivity index (χ0n) is 10.1. The second-order valence-corrected chi connectivity index (χ2v) is 8.10. The van der Waals surface area contributed by atoms with Gasteiger partial charge >= 0.3 is 105 Å². The van der Waals surface area contributed by atoms with E-state index in [2.05, 4.69) is 39.8 Å². The molecule has 0 bridgehead atoms. The molecule has 0 heterocycles. The average Bonchev–Trinajstić information content (AvgIpc) is 2.68. The number of allylic oxidation sites excluding steroid dienone is 8. The third-order valence-electron chi connectivity index (χ3n) is 3.61. The van der Waals surface area contributed by atoms with Gasteiger partial charge in [-0.3, -0.25) is 0 Å². The van der Waals surface area contributed by atoms with Crippen LogP contribution < -0.4 is 0 Å². The Morgan fingerprint density at radius 1 is 0.800 bits per heavy atom. The summed E-state index contributed by atoms with van der Waals surface area (Å²) in [5.74, 6) is 0. The van der Waals surface area contributed by atoms with E-state index in [9.17, 15) is 0 Å². The molecule has 0 aromatic carbocycles. The van der Waals surface area contributed by atoms with Gasteiger partial charge in [-0.25, -0.2) is 0 Å². The van der Waals surface area contributed by atoms with Gasteiger partial charge in [0.15, 0.2) is 0 Å². The van der Waals surface area contributed by atoms with Crippen LogP contribution in [-0.4, -0.2) is 0 Å². The van der Waals surface area contributed by atoms with Gasteiger partial charge in [-0.15, -0.1) is 0 Å². The molecule has 0 aromatic rings. The van der Waals surface area contributed by atoms with Gasteiger partial charge in [0.1, 0.15) is 0 Å². The molecule has 0 nitrogen and oxygen atoms in total. The van der Waals surface area contributed by atoms with Crippen molar-refractivity contribution in [3.05, 3.63) is 41.0 Å². The van der Waals surface area contributed by atoms with E-state index in [-0.39, 0.29) is 0 Å². The third-order valence-corrected chi connectivity index (χ3v) is 7.95. The molecule has 0 spiro atoms. The molecule has 0 saturated heterocycles. The van der Waals surface area contributed by atoms with Gasteiger partial charge in [0, 0.05) is 0 Å². The number of hydrogen-bond acceptors (Lipinski definition) is 0. The van der Waals surface area contributed by atoms with Crippen LogP contribution in [0.4, 0.5) is 0 Å². The van der Waals surface area contributed by atoms with Gasteiger partial charge in [-0.2, -0.15) is 0 Å². The molecule has 78 valence electrons. The maximum atomic E-state index is 2.40. The van der Waals surface area contributed by atoms with E-state index in [0.29, 0.717) is 0 Å². The fourth-order valence-corrected chi connectivity index (χ4v) is 5.86. The van der Waals surface area contributed by atoms with Gasteiger partial charge in [0.05, 0.1) is 0 Å². The Morgan fingerprint density at radius 3 is 1.47 bits per heavy atom. The molecule has 0 aliphatic heterocycles. The molecule has 0 atom stereocenters. The second-order valence-electron chi connectivity index (χ2n) is 4.51. The predicted octanol–water partition coefficient (Wildman–Crippen LogP) is 4.32. The Morgan fingerprint density at radius 2 is 1.20 bits per heavy atom. The fraction of sp³-hybridized carbons (Fsp3) is 0.429. The SMILES string of the molecule is CC1=CC[C]([Zr][C]2=C(C)C(C)=CC2)=C1C. The van der Waals surface area contributed by atoms with Crippen LogP contribution in [0.1, 0.15) is 40.5 Å². The van der Waals surface area contributed by atoms with Crippen molar-refractivity contribution >= 4 is 0 Å². The van der Waals surface area contributed by atoms with Crippen LogP contribution in [0.3, 0.4) is 0 Å². The zero-order chi connectivity index (χ0) is 11.0. The van der Waals surface area contributed by atoms with Gasteiger partial charge in [0.25, 0.3) is 0 Å². The standard InChI is InChI=1S/2C7H9.Zr/c2*1-6-4-3-5-7(6)2;/h2*4H,3H2,1-2H3;. The Bertz CT molecular complexity index is 377. The van der Waals surface area contributed by atoms with Crippen LogP contribution in [0.5, 0.6) is 0 Å². The second kappa shape index (κ2) is 4.38. The van der Waals surface area contributed by atoms with E-state index >= 15 is 0 Å². The van der Waals surface area contributed by atoms with E-state index < -0.39 is 23.2 Å². The first-order chi connectivity index (χ1) is 7.09. The number of rotatable bonds is 2. The average molecular weight is 278 g/mol. The monoisotopic (exact) mass is 276 g/mol. The Labute approximate surface area is 104 Å². The summed E-state index contributed by atoms with van der Waals surface area (Å²) in [7, 11) is 0. The minimum atomic E-state index is -0.438. The minimum absolute atomic E-state index is 0.438. The first kappa shape index (κ1) is 11.3. The van der Waals surface area contributed by atoms with E-state index in [1.165, 1.54) is 24.0 Å². The summed E-state index contributed by atoms with van der Waals surface area (Å²) >= 11 is -0.438. The molecule has 0 unspecified atom stereocenters.